The van der Waals surface area contributed by atoms with E-state index in [0.29, 0.717) is 25.2 Å². The van der Waals surface area contributed by atoms with Crippen molar-refractivity contribution in [3.05, 3.63) is 48.5 Å². The third-order valence-electron chi connectivity index (χ3n) is 5.89. The van der Waals surface area contributed by atoms with Gasteiger partial charge >= 0.3 is 0 Å². The topological polar surface area (TPSA) is 106 Å². The molecule has 0 unspecified atom stereocenters. The van der Waals surface area contributed by atoms with Crippen molar-refractivity contribution in [3.63, 3.8) is 0 Å². The van der Waals surface area contributed by atoms with Gasteiger partial charge in [0.2, 0.25) is 6.54 Å². The molecule has 1 saturated carbocycles. The first-order valence-electron chi connectivity index (χ1n) is 9.91. The molecule has 1 aliphatic carbocycles. The Kier molecular flexibility index (Phi) is 4.22. The van der Waals surface area contributed by atoms with E-state index in [1.807, 2.05) is 43.4 Å². The van der Waals surface area contributed by atoms with Gasteiger partial charge in [-0.15, -0.1) is 0 Å². The Hall–Kier alpha value is -4.18. The molecule has 4 heterocycles. The van der Waals surface area contributed by atoms with Gasteiger partial charge in [-0.05, 0) is 18.9 Å². The molecule has 1 N–H and O–H groups in total. The highest BCUT2D eigenvalue weighted by atomic mass is 15.4. The van der Waals surface area contributed by atoms with Crippen molar-refractivity contribution in [1.29, 1.82) is 5.26 Å². The van der Waals surface area contributed by atoms with E-state index >= 15 is 0 Å². The molecule has 0 spiro atoms. The van der Waals surface area contributed by atoms with Crippen LogP contribution >= 0.6 is 0 Å². The second-order valence-electron chi connectivity index (χ2n) is 7.90. The molecular weight excluding hydrogens is 392 g/mol. The number of nitriles is 1. The molecule has 5 rings (SSSR count). The number of fused-ring (bicyclic) bond motifs is 1. The van der Waals surface area contributed by atoms with Crippen LogP contribution in [0.5, 0.6) is 0 Å². The normalized spacial score (nSPS) is 20.2. The Balaban J connectivity index is 1.66. The van der Waals surface area contributed by atoms with E-state index < -0.39 is 5.54 Å². The first kappa shape index (κ1) is 18.8. The summed E-state index contributed by atoms with van der Waals surface area (Å²) in [6, 6.07) is 4.22. The Morgan fingerprint density at radius 2 is 2.16 bits per heavy atom. The average molecular weight is 412 g/mol. The molecule has 10 nitrogen and oxygen atoms in total. The number of rotatable bonds is 5. The molecule has 1 aliphatic rings. The lowest BCUT2D eigenvalue weighted by Gasteiger charge is -2.40. The average Bonchev–Trinajstić information content (AvgIpc) is 3.48. The summed E-state index contributed by atoms with van der Waals surface area (Å²) < 4.78 is 5.38. The van der Waals surface area contributed by atoms with Gasteiger partial charge in [-0.2, -0.15) is 20.6 Å². The third-order valence-corrected chi connectivity index (χ3v) is 5.89. The van der Waals surface area contributed by atoms with Gasteiger partial charge in [0.05, 0.1) is 47.4 Å². The summed E-state index contributed by atoms with van der Waals surface area (Å²) in [4.78, 5) is 8.56. The van der Waals surface area contributed by atoms with E-state index in [0.717, 1.165) is 28.0 Å². The van der Waals surface area contributed by atoms with Gasteiger partial charge in [-0.3, -0.25) is 9.36 Å². The summed E-state index contributed by atoms with van der Waals surface area (Å²) >= 11 is 0. The number of nitrogens with one attached hydrogen (secondary N) is 1. The largest absolute Gasteiger partial charge is 0.371 e. The van der Waals surface area contributed by atoms with E-state index in [1.165, 1.54) is 0 Å². The maximum atomic E-state index is 9.26. The zero-order chi connectivity index (χ0) is 21.6. The highest BCUT2D eigenvalue weighted by Gasteiger charge is 2.50. The molecular formula is C21H20N10. The van der Waals surface area contributed by atoms with Gasteiger partial charge in [0.1, 0.15) is 11.2 Å². The fourth-order valence-corrected chi connectivity index (χ4v) is 4.28. The predicted octanol–water partition coefficient (Wildman–Crippen LogP) is 2.58. The quantitative estimate of drug-likeness (QED) is 0.505. The lowest BCUT2D eigenvalue weighted by atomic mass is 9.69. The predicted molar refractivity (Wildman–Crippen MR) is 114 cm³/mol. The summed E-state index contributed by atoms with van der Waals surface area (Å²) in [6.45, 7) is 7.70. The molecule has 0 aromatic carbocycles. The molecule has 0 atom stereocenters. The monoisotopic (exact) mass is 412 g/mol. The van der Waals surface area contributed by atoms with Crippen LogP contribution < -0.4 is 5.32 Å². The van der Waals surface area contributed by atoms with Crippen LogP contribution in [0.2, 0.25) is 0 Å². The maximum Gasteiger partial charge on any atom is 0.239 e. The molecule has 0 radical (unpaired) electrons. The van der Waals surface area contributed by atoms with Gasteiger partial charge in [0.15, 0.2) is 5.82 Å². The van der Waals surface area contributed by atoms with Crippen molar-refractivity contribution >= 4 is 11.3 Å². The van der Waals surface area contributed by atoms with Crippen LogP contribution in [0.25, 0.3) is 32.9 Å². The summed E-state index contributed by atoms with van der Waals surface area (Å²) in [6.07, 6.45) is 10.5. The number of hydrogen-bond acceptors (Lipinski definition) is 6. The Bertz CT molecular complexity index is 1350. The zero-order valence-corrected chi connectivity index (χ0v) is 17.2. The Labute approximate surface area is 178 Å². The molecule has 4 aromatic heterocycles. The van der Waals surface area contributed by atoms with Crippen LogP contribution in [0, 0.1) is 23.8 Å². The number of anilines is 1. The number of aryl methyl sites for hydroxylation is 1. The fraction of sp³-hybridized carbons (Fsp3) is 0.333. The van der Waals surface area contributed by atoms with Crippen LogP contribution in [0.3, 0.4) is 0 Å². The minimum absolute atomic E-state index is 0.0407. The van der Waals surface area contributed by atoms with Gasteiger partial charge in [0, 0.05) is 32.1 Å². The molecule has 0 bridgehead atoms. The van der Waals surface area contributed by atoms with E-state index in [1.54, 1.807) is 21.6 Å². The van der Waals surface area contributed by atoms with Crippen LogP contribution in [-0.4, -0.2) is 47.8 Å². The molecule has 0 amide bonds. The molecule has 0 aliphatic heterocycles. The molecule has 0 saturated heterocycles. The molecule has 10 heteroatoms. The third kappa shape index (κ3) is 2.92. The second kappa shape index (κ2) is 6.96. The Morgan fingerprint density at radius 3 is 2.84 bits per heavy atom. The van der Waals surface area contributed by atoms with Crippen molar-refractivity contribution in [3.8, 4) is 28.6 Å². The first-order chi connectivity index (χ1) is 15.1. The van der Waals surface area contributed by atoms with Crippen molar-refractivity contribution < 1.29 is 0 Å². The van der Waals surface area contributed by atoms with Crippen molar-refractivity contribution in [2.75, 3.05) is 18.9 Å². The van der Waals surface area contributed by atoms with E-state index in [4.69, 9.17) is 16.7 Å². The standard InChI is InChI=1S/C21H20N10/c1-23-13-21(6-14(7-21)8-22)31-11-16(20(24-2)28-31)19-18-4-5-25-30(18)12-17(27-19)15-9-26-29(3)10-15/h4-5,9-12,14H,6-7,13H2,2-3H3,(H,24,28). The first-order valence-corrected chi connectivity index (χ1v) is 9.91. The summed E-state index contributed by atoms with van der Waals surface area (Å²) in [5.74, 6) is 0.629. The zero-order valence-electron chi connectivity index (χ0n) is 17.2. The van der Waals surface area contributed by atoms with Crippen LogP contribution in [-0.2, 0) is 12.6 Å². The highest BCUT2D eigenvalue weighted by molar-refractivity contribution is 5.84. The smallest absolute Gasteiger partial charge is 0.239 e. The van der Waals surface area contributed by atoms with Gasteiger partial charge in [-0.1, -0.05) is 0 Å². The Morgan fingerprint density at radius 1 is 1.32 bits per heavy atom. The van der Waals surface area contributed by atoms with E-state index in [9.17, 15) is 5.26 Å². The van der Waals surface area contributed by atoms with Gasteiger partial charge < -0.3 is 10.2 Å². The van der Waals surface area contributed by atoms with E-state index in [-0.39, 0.29) is 5.92 Å². The number of nitrogens with zero attached hydrogens (tertiary/aromatic N) is 9. The molecule has 1 fully saturated rings. The van der Waals surface area contributed by atoms with Crippen LogP contribution in [0.15, 0.2) is 37.1 Å². The lowest BCUT2D eigenvalue weighted by molar-refractivity contribution is 0.102. The maximum absolute atomic E-state index is 9.26. The SMILES string of the molecule is [C-]#[N+]CC1(n2cc(-c3nc(-c4cnn(C)c4)cn4nccc34)c(NC)n2)CC(C#N)C1. The van der Waals surface area contributed by atoms with Crippen molar-refractivity contribution in [2.45, 2.75) is 18.4 Å². The molecule has 31 heavy (non-hydrogen) atoms. The van der Waals surface area contributed by atoms with Crippen LogP contribution in [0.1, 0.15) is 12.8 Å². The van der Waals surface area contributed by atoms with E-state index in [2.05, 4.69) is 26.4 Å². The summed E-state index contributed by atoms with van der Waals surface area (Å²) in [5.41, 5.74) is 3.60. The minimum atomic E-state index is -0.455. The minimum Gasteiger partial charge on any atom is -0.371 e. The summed E-state index contributed by atoms with van der Waals surface area (Å²) in [5, 5.41) is 25.8. The highest BCUT2D eigenvalue weighted by Crippen LogP contribution is 2.45. The number of hydrogen-bond donors (Lipinski definition) is 1. The fourth-order valence-electron chi connectivity index (χ4n) is 4.28. The molecule has 4 aromatic rings. The number of aromatic nitrogens is 7. The van der Waals surface area contributed by atoms with Crippen LogP contribution in [0.4, 0.5) is 5.82 Å². The summed E-state index contributed by atoms with van der Waals surface area (Å²) in [7, 11) is 3.68. The van der Waals surface area contributed by atoms with Gasteiger partial charge in [0.25, 0.3) is 0 Å². The second-order valence-corrected chi connectivity index (χ2v) is 7.90. The molecule has 154 valence electrons. The van der Waals surface area contributed by atoms with Crippen molar-refractivity contribution in [1.82, 2.24) is 34.2 Å². The van der Waals surface area contributed by atoms with Crippen molar-refractivity contribution in [2.24, 2.45) is 13.0 Å². The lowest BCUT2D eigenvalue weighted by Crippen LogP contribution is -2.48. The van der Waals surface area contributed by atoms with Gasteiger partial charge in [-0.25, -0.2) is 16.1 Å².